The minimum atomic E-state index is -0.540. The summed E-state index contributed by atoms with van der Waals surface area (Å²) in [6.45, 7) is 7.51. The molecule has 1 amide bonds. The average Bonchev–Trinajstić information content (AvgIpc) is 2.82. The second-order valence-corrected chi connectivity index (χ2v) is 9.69. The highest BCUT2D eigenvalue weighted by atomic mass is 32.1. The molecular weight excluding hydrogens is 469 g/mol. The molecule has 0 radical (unpaired) electrons. The van der Waals surface area contributed by atoms with Gasteiger partial charge in [-0.2, -0.15) is 0 Å². The molecule has 2 aliphatic rings. The van der Waals surface area contributed by atoms with Crippen LogP contribution in [-0.2, 0) is 20.8 Å². The highest BCUT2D eigenvalue weighted by Crippen LogP contribution is 2.33. The Morgan fingerprint density at radius 2 is 1.89 bits per heavy atom. The number of carbonyl (C=O) groups is 1. The van der Waals surface area contributed by atoms with Crippen molar-refractivity contribution in [3.63, 3.8) is 0 Å². The van der Waals surface area contributed by atoms with E-state index in [2.05, 4.69) is 17.1 Å². The van der Waals surface area contributed by atoms with E-state index in [0.717, 1.165) is 11.1 Å². The number of thiocarbonyl (C=S) groups is 1. The minimum absolute atomic E-state index is 0.113. The number of ether oxygens (including phenoxy) is 3. The number of hydrogen-bond acceptors (Lipinski definition) is 5. The largest absolute Gasteiger partial charge is 0.445 e. The third-order valence-corrected chi connectivity index (χ3v) is 6.83. The molecule has 4 rings (SSSR count). The van der Waals surface area contributed by atoms with Crippen molar-refractivity contribution in [2.75, 3.05) is 19.6 Å². The van der Waals surface area contributed by atoms with Crippen LogP contribution in [0.15, 0.2) is 54.6 Å². The molecule has 2 aromatic carbocycles. The zero-order valence-electron chi connectivity index (χ0n) is 20.3. The molecule has 0 bridgehead atoms. The van der Waals surface area contributed by atoms with E-state index in [1.165, 1.54) is 12.1 Å². The Labute approximate surface area is 211 Å². The van der Waals surface area contributed by atoms with E-state index in [-0.39, 0.29) is 37.1 Å². The summed E-state index contributed by atoms with van der Waals surface area (Å²) in [5.74, 6) is -0.277. The summed E-state index contributed by atoms with van der Waals surface area (Å²) in [4.78, 5) is 16.7. The van der Waals surface area contributed by atoms with Crippen molar-refractivity contribution < 1.29 is 23.4 Å². The molecule has 2 aliphatic heterocycles. The highest BCUT2D eigenvalue weighted by Gasteiger charge is 2.45. The van der Waals surface area contributed by atoms with Gasteiger partial charge in [0.15, 0.2) is 17.7 Å². The summed E-state index contributed by atoms with van der Waals surface area (Å²) < 4.78 is 30.3. The first-order valence-corrected chi connectivity index (χ1v) is 12.2. The van der Waals surface area contributed by atoms with Crippen molar-refractivity contribution in [2.45, 2.75) is 58.0 Å². The molecule has 2 unspecified atom stereocenters. The quantitative estimate of drug-likeness (QED) is 0.581. The number of amides is 1. The first kappa shape index (κ1) is 25.3. The molecule has 2 fully saturated rings. The predicted octanol–water partition coefficient (Wildman–Crippen LogP) is 4.58. The normalized spacial score (nSPS) is 24.9. The number of benzene rings is 2. The lowest BCUT2D eigenvalue weighted by Crippen LogP contribution is -2.66. The van der Waals surface area contributed by atoms with Crippen LogP contribution in [0, 0.1) is 5.82 Å². The van der Waals surface area contributed by atoms with Gasteiger partial charge in [-0.3, -0.25) is 0 Å². The van der Waals surface area contributed by atoms with E-state index in [9.17, 15) is 9.18 Å². The number of nitrogens with zero attached hydrogens (tertiary/aromatic N) is 2. The van der Waals surface area contributed by atoms with E-state index in [4.69, 9.17) is 26.4 Å². The van der Waals surface area contributed by atoms with Gasteiger partial charge >= 0.3 is 6.09 Å². The number of rotatable bonds is 6. The van der Waals surface area contributed by atoms with Crippen molar-refractivity contribution in [3.05, 3.63) is 71.5 Å². The van der Waals surface area contributed by atoms with Crippen molar-refractivity contribution in [1.82, 2.24) is 15.1 Å². The van der Waals surface area contributed by atoms with Gasteiger partial charge < -0.3 is 29.3 Å². The number of carbonyl (C=O) groups excluding carboxylic acids is 1. The molecule has 0 aliphatic carbocycles. The Bertz CT molecular complexity index is 1020. The van der Waals surface area contributed by atoms with Crippen LogP contribution in [0.3, 0.4) is 0 Å². The van der Waals surface area contributed by atoms with Crippen LogP contribution in [0.4, 0.5) is 9.18 Å². The van der Waals surface area contributed by atoms with E-state index >= 15 is 0 Å². The van der Waals surface area contributed by atoms with Crippen LogP contribution in [-0.4, -0.2) is 58.8 Å². The molecule has 1 N–H and O–H groups in total. The van der Waals surface area contributed by atoms with Gasteiger partial charge in [0, 0.05) is 26.1 Å². The molecule has 2 aromatic rings. The zero-order valence-corrected chi connectivity index (χ0v) is 21.1. The summed E-state index contributed by atoms with van der Waals surface area (Å²) in [5.41, 5.74) is 1.33. The summed E-state index contributed by atoms with van der Waals surface area (Å²) in [6.07, 6.45) is -0.430. The Balaban J connectivity index is 1.43. The van der Waals surface area contributed by atoms with E-state index in [1.54, 1.807) is 17.0 Å². The second-order valence-electron chi connectivity index (χ2n) is 9.31. The van der Waals surface area contributed by atoms with Gasteiger partial charge in [0.1, 0.15) is 12.4 Å². The summed E-state index contributed by atoms with van der Waals surface area (Å²) in [7, 11) is 0. The van der Waals surface area contributed by atoms with E-state index in [1.807, 2.05) is 44.2 Å². The average molecular weight is 502 g/mol. The molecule has 2 atom stereocenters. The third kappa shape index (κ3) is 6.28. The molecule has 35 heavy (non-hydrogen) atoms. The van der Waals surface area contributed by atoms with E-state index < -0.39 is 5.54 Å². The smallest absolute Gasteiger partial charge is 0.410 e. The maximum Gasteiger partial charge on any atom is 0.410 e. The molecule has 188 valence electrons. The Morgan fingerprint density at radius 3 is 2.54 bits per heavy atom. The lowest BCUT2D eigenvalue weighted by Gasteiger charge is -2.52. The van der Waals surface area contributed by atoms with Crippen LogP contribution < -0.4 is 5.32 Å². The van der Waals surface area contributed by atoms with Gasteiger partial charge in [-0.1, -0.05) is 42.5 Å². The van der Waals surface area contributed by atoms with Gasteiger partial charge in [-0.05, 0) is 56.2 Å². The lowest BCUT2D eigenvalue weighted by atomic mass is 9.91. The molecule has 7 nitrogen and oxygen atoms in total. The first-order chi connectivity index (χ1) is 16.7. The Kier molecular flexibility index (Phi) is 7.88. The van der Waals surface area contributed by atoms with Crippen molar-refractivity contribution in [1.29, 1.82) is 0 Å². The second kappa shape index (κ2) is 10.9. The van der Waals surface area contributed by atoms with Crippen LogP contribution in [0.25, 0.3) is 0 Å². The van der Waals surface area contributed by atoms with E-state index in [0.29, 0.717) is 31.2 Å². The molecule has 2 saturated heterocycles. The SMILES string of the molecule is CC1OC(CC2(C)CN(C(=O)OCc3ccccc3)CCN2C(=S)NC(C)c2ccc(F)cc2)O1. The monoisotopic (exact) mass is 501 g/mol. The molecule has 0 aromatic heterocycles. The fourth-order valence-corrected chi connectivity index (χ4v) is 5.03. The summed E-state index contributed by atoms with van der Waals surface area (Å²) >= 11 is 5.80. The van der Waals surface area contributed by atoms with Crippen LogP contribution in [0.1, 0.15) is 44.4 Å². The molecular formula is C26H32FN3O4S. The fourth-order valence-electron chi connectivity index (χ4n) is 4.54. The van der Waals surface area contributed by atoms with Crippen LogP contribution >= 0.6 is 12.2 Å². The Hall–Kier alpha value is -2.75. The third-order valence-electron chi connectivity index (χ3n) is 6.49. The van der Waals surface area contributed by atoms with Crippen molar-refractivity contribution >= 4 is 23.4 Å². The summed E-state index contributed by atoms with van der Waals surface area (Å²) in [5, 5.41) is 3.93. The lowest BCUT2D eigenvalue weighted by molar-refractivity contribution is -0.382. The molecule has 9 heteroatoms. The maximum absolute atomic E-state index is 13.3. The summed E-state index contributed by atoms with van der Waals surface area (Å²) in [6, 6.07) is 15.9. The predicted molar refractivity (Wildman–Crippen MR) is 134 cm³/mol. The topological polar surface area (TPSA) is 63.3 Å². The molecule has 2 heterocycles. The maximum atomic E-state index is 13.3. The first-order valence-electron chi connectivity index (χ1n) is 11.8. The van der Waals surface area contributed by atoms with Crippen LogP contribution in [0.5, 0.6) is 0 Å². The zero-order chi connectivity index (χ0) is 25.0. The van der Waals surface area contributed by atoms with Gasteiger partial charge in [0.25, 0.3) is 0 Å². The van der Waals surface area contributed by atoms with Gasteiger partial charge in [0.05, 0.1) is 11.6 Å². The minimum Gasteiger partial charge on any atom is -0.445 e. The molecule has 0 spiro atoms. The number of hydrogen-bond donors (Lipinski definition) is 1. The van der Waals surface area contributed by atoms with Crippen molar-refractivity contribution in [2.24, 2.45) is 0 Å². The van der Waals surface area contributed by atoms with Crippen LogP contribution in [0.2, 0.25) is 0 Å². The number of piperazine rings is 1. The Morgan fingerprint density at radius 1 is 1.20 bits per heavy atom. The van der Waals surface area contributed by atoms with Gasteiger partial charge in [0.2, 0.25) is 0 Å². The number of halogens is 1. The standard InChI is InChI=1S/C26H32FN3O4S/c1-18(21-9-11-22(27)12-10-21)28-24(35)30-14-13-29(17-26(30,3)15-23-33-19(2)34-23)25(31)32-16-20-7-5-4-6-8-20/h4-12,18-19,23H,13-17H2,1-3H3,(H,28,35). The van der Waals surface area contributed by atoms with Gasteiger partial charge in [-0.15, -0.1) is 0 Å². The highest BCUT2D eigenvalue weighted by molar-refractivity contribution is 7.80. The molecule has 0 saturated carbocycles. The van der Waals surface area contributed by atoms with Gasteiger partial charge in [-0.25, -0.2) is 9.18 Å². The fraction of sp³-hybridized carbons (Fsp3) is 0.462. The number of nitrogens with one attached hydrogen (secondary N) is 1. The van der Waals surface area contributed by atoms with Crippen molar-refractivity contribution in [3.8, 4) is 0 Å².